The minimum atomic E-state index is -3.81. The van der Waals surface area contributed by atoms with E-state index in [0.29, 0.717) is 10.8 Å². The Kier molecular flexibility index (Phi) is 6.88. The molecule has 1 amide bonds. The average molecular weight is 495 g/mol. The molecule has 4 rings (SSSR count). The predicted molar refractivity (Wildman–Crippen MR) is 123 cm³/mol. The molecule has 2 aliphatic heterocycles. The van der Waals surface area contributed by atoms with Crippen LogP contribution in [-0.4, -0.2) is 69.8 Å². The second kappa shape index (κ2) is 9.83. The number of hydrogen-bond donors (Lipinski definition) is 2. The zero-order valence-corrected chi connectivity index (χ0v) is 19.3. The second-order valence-electron chi connectivity index (χ2n) is 7.20. The van der Waals surface area contributed by atoms with Gasteiger partial charge in [-0.1, -0.05) is 11.6 Å². The van der Waals surface area contributed by atoms with E-state index >= 15 is 0 Å². The second-order valence-corrected chi connectivity index (χ2v) is 9.54. The van der Waals surface area contributed by atoms with Crippen LogP contribution >= 0.6 is 11.6 Å². The van der Waals surface area contributed by atoms with Gasteiger partial charge in [0.15, 0.2) is 6.61 Å². The highest BCUT2D eigenvalue weighted by Gasteiger charge is 2.32. The number of sulfonamides is 1. The van der Waals surface area contributed by atoms with E-state index in [4.69, 9.17) is 21.1 Å². The maximum Gasteiger partial charge on any atom is 0.260 e. The lowest BCUT2D eigenvalue weighted by atomic mass is 10.3. The molecule has 1 fully saturated rings. The quantitative estimate of drug-likeness (QED) is 0.586. The van der Waals surface area contributed by atoms with Gasteiger partial charge in [0, 0.05) is 31.2 Å². The number of nitrogens with zero attached hydrogens (tertiary/aromatic N) is 4. The molecular formula is C20H23ClN6O5S. The third-order valence-corrected chi connectivity index (χ3v) is 7.38. The molecule has 2 aromatic rings. The molecule has 1 saturated heterocycles. The fourth-order valence-corrected chi connectivity index (χ4v) is 5.28. The van der Waals surface area contributed by atoms with E-state index in [0.717, 1.165) is 5.69 Å². The van der Waals surface area contributed by atoms with Crippen molar-refractivity contribution in [3.8, 4) is 11.5 Å². The number of hydrazine groups is 2. The number of anilines is 1. The summed E-state index contributed by atoms with van der Waals surface area (Å²) in [5.41, 5.74) is 6.26. The third-order valence-electron chi connectivity index (χ3n) is 5.22. The van der Waals surface area contributed by atoms with Crippen LogP contribution in [0.2, 0.25) is 5.02 Å². The summed E-state index contributed by atoms with van der Waals surface area (Å²) in [5.74, 6) is 0.556. The lowest BCUT2D eigenvalue weighted by molar-refractivity contribution is -0.134. The van der Waals surface area contributed by atoms with Gasteiger partial charge >= 0.3 is 0 Å². The minimum absolute atomic E-state index is 0.00948. The number of carbonyl (C=O) groups excluding carboxylic acids is 1. The lowest BCUT2D eigenvalue weighted by Gasteiger charge is -2.34. The van der Waals surface area contributed by atoms with Gasteiger partial charge in [-0.05, 0) is 42.5 Å². The van der Waals surface area contributed by atoms with Crippen molar-refractivity contribution in [1.29, 1.82) is 0 Å². The Hall–Kier alpha value is -3.06. The number of ether oxygens (including phenoxy) is 2. The van der Waals surface area contributed by atoms with Gasteiger partial charge in [-0.25, -0.2) is 19.0 Å². The number of benzene rings is 2. The van der Waals surface area contributed by atoms with Gasteiger partial charge < -0.3 is 14.4 Å². The zero-order chi connectivity index (χ0) is 23.4. The Morgan fingerprint density at radius 2 is 1.85 bits per heavy atom. The molecule has 0 unspecified atom stereocenters. The van der Waals surface area contributed by atoms with Crippen molar-refractivity contribution >= 4 is 39.6 Å². The monoisotopic (exact) mass is 494 g/mol. The summed E-state index contributed by atoms with van der Waals surface area (Å²) in [6, 6.07) is 11.6. The molecule has 0 radical (unpaired) electrons. The highest BCUT2D eigenvalue weighted by Crippen LogP contribution is 2.30. The fraction of sp³-hybridized carbons (Fsp3) is 0.300. The van der Waals surface area contributed by atoms with Gasteiger partial charge in [0.2, 0.25) is 10.0 Å². The molecule has 11 nitrogen and oxygen atoms in total. The summed E-state index contributed by atoms with van der Waals surface area (Å²) in [6.07, 6.45) is 1.59. The third kappa shape index (κ3) is 5.14. The Labute approximate surface area is 196 Å². The number of hydrogen-bond acceptors (Lipinski definition) is 9. The topological polar surface area (TPSA) is 116 Å². The first-order valence-corrected chi connectivity index (χ1v) is 11.9. The van der Waals surface area contributed by atoms with Crippen LogP contribution in [0.3, 0.4) is 0 Å². The molecule has 0 spiro atoms. The van der Waals surface area contributed by atoms with Crippen molar-refractivity contribution in [2.45, 2.75) is 4.90 Å². The summed E-state index contributed by atoms with van der Waals surface area (Å²) in [6.45, 7) is 0.708. The van der Waals surface area contributed by atoms with Crippen LogP contribution in [0.5, 0.6) is 11.5 Å². The first kappa shape index (κ1) is 23.1. The van der Waals surface area contributed by atoms with E-state index in [-0.39, 0.29) is 49.3 Å². The average Bonchev–Trinajstić information content (AvgIpc) is 3.38. The largest absolute Gasteiger partial charge is 0.495 e. The molecule has 176 valence electrons. The van der Waals surface area contributed by atoms with Crippen molar-refractivity contribution in [2.24, 2.45) is 5.10 Å². The van der Waals surface area contributed by atoms with Gasteiger partial charge in [0.1, 0.15) is 22.7 Å². The van der Waals surface area contributed by atoms with Crippen molar-refractivity contribution in [3.05, 3.63) is 47.5 Å². The molecule has 33 heavy (non-hydrogen) atoms. The number of hydrazone groups is 1. The summed E-state index contributed by atoms with van der Waals surface area (Å²) in [5, 5.41) is 5.81. The van der Waals surface area contributed by atoms with Gasteiger partial charge in [0.25, 0.3) is 5.91 Å². The highest BCUT2D eigenvalue weighted by molar-refractivity contribution is 7.89. The molecular weight excluding hydrogens is 472 g/mol. The molecule has 2 heterocycles. The van der Waals surface area contributed by atoms with E-state index in [9.17, 15) is 13.2 Å². The number of methoxy groups -OCH3 is 1. The molecule has 0 atom stereocenters. The number of nitrogens with one attached hydrogen (secondary N) is 2. The van der Waals surface area contributed by atoms with Crippen LogP contribution in [0, 0.1) is 0 Å². The SMILES string of the molecule is COc1ccc(Cl)cc1S(=O)(=O)N1CCN(C(=O)COc2ccc(N3C=NNN3)cc2)CC1. The van der Waals surface area contributed by atoms with Crippen LogP contribution in [0.25, 0.3) is 0 Å². The Bertz CT molecular complexity index is 1140. The maximum atomic E-state index is 13.1. The summed E-state index contributed by atoms with van der Waals surface area (Å²) in [4.78, 5) is 14.2. The van der Waals surface area contributed by atoms with Crippen molar-refractivity contribution in [3.63, 3.8) is 0 Å². The highest BCUT2D eigenvalue weighted by atomic mass is 35.5. The Balaban J connectivity index is 1.31. The standard InChI is InChI=1S/C20H23ClN6O5S/c1-31-18-7-2-15(21)12-19(18)33(29,30)26-10-8-25(9-11-26)20(28)13-32-17-5-3-16(4-6-17)27-14-22-23-24-27/h2-7,12,14,23-24H,8-11,13H2,1H3. The van der Waals surface area contributed by atoms with Gasteiger partial charge in [0.05, 0.1) is 12.8 Å². The van der Waals surface area contributed by atoms with Crippen LogP contribution < -0.4 is 25.6 Å². The molecule has 0 bridgehead atoms. The number of carbonyl (C=O) groups is 1. The molecule has 2 N–H and O–H groups in total. The number of amides is 1. The maximum absolute atomic E-state index is 13.1. The first-order chi connectivity index (χ1) is 15.9. The predicted octanol–water partition coefficient (Wildman–Crippen LogP) is 1.03. The summed E-state index contributed by atoms with van der Waals surface area (Å²) >= 11 is 5.99. The molecule has 0 aromatic heterocycles. The normalized spacial score (nSPS) is 16.5. The van der Waals surface area contributed by atoms with E-state index in [1.807, 2.05) is 12.1 Å². The lowest BCUT2D eigenvalue weighted by Crippen LogP contribution is -2.51. The van der Waals surface area contributed by atoms with Crippen molar-refractivity contribution < 1.29 is 22.7 Å². The number of halogens is 1. The van der Waals surface area contributed by atoms with Gasteiger partial charge in [-0.15, -0.1) is 5.53 Å². The van der Waals surface area contributed by atoms with E-state index in [1.54, 1.807) is 34.4 Å². The van der Waals surface area contributed by atoms with Gasteiger partial charge in [-0.2, -0.15) is 9.41 Å². The Morgan fingerprint density at radius 3 is 2.48 bits per heavy atom. The Morgan fingerprint density at radius 1 is 1.12 bits per heavy atom. The summed E-state index contributed by atoms with van der Waals surface area (Å²) in [7, 11) is -2.41. The van der Waals surface area contributed by atoms with Crippen molar-refractivity contribution in [1.82, 2.24) is 20.3 Å². The fourth-order valence-electron chi connectivity index (χ4n) is 3.44. The molecule has 13 heteroatoms. The van der Waals surface area contributed by atoms with E-state index in [1.165, 1.54) is 23.5 Å². The molecule has 0 saturated carbocycles. The summed E-state index contributed by atoms with van der Waals surface area (Å²) < 4.78 is 38.3. The zero-order valence-electron chi connectivity index (χ0n) is 17.8. The smallest absolute Gasteiger partial charge is 0.260 e. The number of piperazine rings is 1. The van der Waals surface area contributed by atoms with Crippen LogP contribution in [0.1, 0.15) is 0 Å². The van der Waals surface area contributed by atoms with E-state index < -0.39 is 10.0 Å². The van der Waals surface area contributed by atoms with E-state index in [2.05, 4.69) is 16.2 Å². The van der Waals surface area contributed by atoms with Crippen LogP contribution in [0.15, 0.2) is 52.5 Å². The minimum Gasteiger partial charge on any atom is -0.495 e. The number of rotatable bonds is 7. The molecule has 0 aliphatic carbocycles. The van der Waals surface area contributed by atoms with Crippen LogP contribution in [0.4, 0.5) is 5.69 Å². The first-order valence-electron chi connectivity index (χ1n) is 10.1. The van der Waals surface area contributed by atoms with Gasteiger partial charge in [-0.3, -0.25) is 4.79 Å². The van der Waals surface area contributed by atoms with Crippen molar-refractivity contribution in [2.75, 3.05) is 44.9 Å². The molecule has 2 aromatic carbocycles. The molecule has 2 aliphatic rings. The van der Waals surface area contributed by atoms with Crippen LogP contribution in [-0.2, 0) is 14.8 Å².